The third-order valence-electron chi connectivity index (χ3n) is 3.12. The van der Waals surface area contributed by atoms with Crippen molar-refractivity contribution in [1.82, 2.24) is 15.3 Å². The van der Waals surface area contributed by atoms with Crippen molar-refractivity contribution in [3.05, 3.63) is 29.4 Å². The Kier molecular flexibility index (Phi) is 3.30. The molecule has 1 fully saturated rings. The molecule has 2 heterocycles. The lowest BCUT2D eigenvalue weighted by Crippen LogP contribution is -2.16. The van der Waals surface area contributed by atoms with Gasteiger partial charge in [-0.3, -0.25) is 0 Å². The van der Waals surface area contributed by atoms with Crippen LogP contribution in [0.25, 0.3) is 11.0 Å². The van der Waals surface area contributed by atoms with Gasteiger partial charge >= 0.3 is 0 Å². The van der Waals surface area contributed by atoms with Crippen LogP contribution in [0.2, 0.25) is 5.15 Å². The van der Waals surface area contributed by atoms with Gasteiger partial charge in [-0.15, -0.1) is 0 Å². The summed E-state index contributed by atoms with van der Waals surface area (Å²) in [6.45, 7) is 2.70. The topological polar surface area (TPSA) is 47.0 Å². The highest BCUT2D eigenvalue weighted by Gasteiger charge is 2.16. The molecule has 1 aliphatic heterocycles. The van der Waals surface area contributed by atoms with Crippen molar-refractivity contribution >= 4 is 22.6 Å². The molecule has 0 spiro atoms. The fourth-order valence-corrected chi connectivity index (χ4v) is 2.30. The van der Waals surface area contributed by atoms with Crippen LogP contribution in [0.15, 0.2) is 24.3 Å². The van der Waals surface area contributed by atoms with E-state index in [9.17, 15) is 0 Å². The number of hydrogen-bond donors (Lipinski definition) is 1. The molecule has 0 radical (unpaired) electrons. The van der Waals surface area contributed by atoms with Crippen LogP contribution < -0.4 is 10.1 Å². The van der Waals surface area contributed by atoms with E-state index in [0.29, 0.717) is 23.6 Å². The highest BCUT2D eigenvalue weighted by Crippen LogP contribution is 2.23. The summed E-state index contributed by atoms with van der Waals surface area (Å²) in [5, 5.41) is 3.64. The molecule has 18 heavy (non-hydrogen) atoms. The van der Waals surface area contributed by atoms with Crippen LogP contribution in [0, 0.1) is 5.92 Å². The van der Waals surface area contributed by atoms with E-state index in [1.54, 1.807) is 0 Å². The van der Waals surface area contributed by atoms with Crippen LogP contribution in [-0.4, -0.2) is 29.7 Å². The summed E-state index contributed by atoms with van der Waals surface area (Å²) in [4.78, 5) is 8.68. The molecule has 0 aliphatic carbocycles. The lowest BCUT2D eigenvalue weighted by molar-refractivity contribution is 0.251. The summed E-state index contributed by atoms with van der Waals surface area (Å²) in [5.74, 6) is 0.969. The van der Waals surface area contributed by atoms with Gasteiger partial charge in [-0.05, 0) is 25.1 Å². The number of aromatic nitrogens is 2. The predicted octanol–water partition coefficient (Wildman–Crippen LogP) is 2.27. The first-order valence-electron chi connectivity index (χ1n) is 6.09. The Bertz CT molecular complexity index is 555. The molecule has 1 atom stereocenters. The average molecular weight is 264 g/mol. The standard InChI is InChI=1S/C13H14ClN3O/c14-12-13(18-8-9-5-6-15-7-9)17-11-4-2-1-3-10(11)16-12/h1-4,9,15H,5-8H2/t9-/m1/s1. The van der Waals surface area contributed by atoms with Gasteiger partial charge in [-0.1, -0.05) is 23.7 Å². The number of ether oxygens (including phenoxy) is 1. The summed E-state index contributed by atoms with van der Waals surface area (Å²) in [7, 11) is 0. The highest BCUT2D eigenvalue weighted by molar-refractivity contribution is 6.31. The number of rotatable bonds is 3. The first-order chi connectivity index (χ1) is 8.83. The minimum atomic E-state index is 0.333. The van der Waals surface area contributed by atoms with E-state index in [-0.39, 0.29) is 0 Å². The van der Waals surface area contributed by atoms with Crippen LogP contribution in [0.4, 0.5) is 0 Å². The number of nitrogens with one attached hydrogen (secondary N) is 1. The van der Waals surface area contributed by atoms with Crippen LogP contribution in [-0.2, 0) is 0 Å². The van der Waals surface area contributed by atoms with Gasteiger partial charge in [-0.2, -0.15) is 0 Å². The van der Waals surface area contributed by atoms with Crippen LogP contribution >= 0.6 is 11.6 Å². The molecule has 1 aliphatic rings. The number of fused-ring (bicyclic) bond motifs is 1. The molecule has 3 rings (SSSR count). The first kappa shape index (κ1) is 11.7. The second kappa shape index (κ2) is 5.08. The van der Waals surface area contributed by atoms with E-state index in [1.807, 2.05) is 24.3 Å². The fourth-order valence-electron chi connectivity index (χ4n) is 2.11. The number of para-hydroxylation sites is 2. The van der Waals surface area contributed by atoms with Gasteiger partial charge in [0.2, 0.25) is 0 Å². The maximum absolute atomic E-state index is 6.07. The van der Waals surface area contributed by atoms with Crippen molar-refractivity contribution in [1.29, 1.82) is 0 Å². The van der Waals surface area contributed by atoms with E-state index >= 15 is 0 Å². The molecule has 0 saturated carbocycles. The van der Waals surface area contributed by atoms with Crippen LogP contribution in [0.5, 0.6) is 5.88 Å². The van der Waals surface area contributed by atoms with Crippen LogP contribution in [0.3, 0.4) is 0 Å². The first-order valence-corrected chi connectivity index (χ1v) is 6.46. The average Bonchev–Trinajstić information content (AvgIpc) is 2.89. The molecule has 0 amide bonds. The Balaban J connectivity index is 1.80. The van der Waals surface area contributed by atoms with Gasteiger partial charge in [0.05, 0.1) is 17.6 Å². The molecule has 1 N–H and O–H groups in total. The molecule has 1 aromatic heterocycles. The number of nitrogens with zero attached hydrogens (tertiary/aromatic N) is 2. The summed E-state index contributed by atoms with van der Waals surface area (Å²) < 4.78 is 5.68. The van der Waals surface area contributed by atoms with Gasteiger partial charge in [0.1, 0.15) is 0 Å². The third kappa shape index (κ3) is 2.40. The monoisotopic (exact) mass is 263 g/mol. The normalized spacial score (nSPS) is 19.3. The molecular weight excluding hydrogens is 250 g/mol. The van der Waals surface area contributed by atoms with Crippen molar-refractivity contribution < 1.29 is 4.74 Å². The Labute approximate surface area is 110 Å². The lowest BCUT2D eigenvalue weighted by atomic mass is 10.1. The zero-order valence-corrected chi connectivity index (χ0v) is 10.7. The number of halogens is 1. The van der Waals surface area contributed by atoms with Gasteiger partial charge < -0.3 is 10.1 Å². The summed E-state index contributed by atoms with van der Waals surface area (Å²) in [6, 6.07) is 7.63. The number of benzene rings is 1. The molecule has 0 unspecified atom stereocenters. The van der Waals surface area contributed by atoms with Gasteiger partial charge in [0.25, 0.3) is 5.88 Å². The minimum absolute atomic E-state index is 0.333. The molecular formula is C13H14ClN3O. The Morgan fingerprint density at radius 1 is 1.28 bits per heavy atom. The summed E-state index contributed by atoms with van der Waals surface area (Å²) in [5.41, 5.74) is 1.60. The highest BCUT2D eigenvalue weighted by atomic mass is 35.5. The fraction of sp³-hybridized carbons (Fsp3) is 0.385. The molecule has 1 aromatic carbocycles. The van der Waals surface area contributed by atoms with Crippen LogP contribution in [0.1, 0.15) is 6.42 Å². The van der Waals surface area contributed by atoms with Gasteiger partial charge in [-0.25, -0.2) is 9.97 Å². The largest absolute Gasteiger partial charge is 0.475 e. The molecule has 2 aromatic rings. The van der Waals surface area contributed by atoms with Crippen molar-refractivity contribution in [3.63, 3.8) is 0 Å². The smallest absolute Gasteiger partial charge is 0.252 e. The Hall–Kier alpha value is -1.39. The maximum atomic E-state index is 6.07. The van der Waals surface area contributed by atoms with Crippen molar-refractivity contribution in [2.45, 2.75) is 6.42 Å². The Morgan fingerprint density at radius 2 is 2.06 bits per heavy atom. The summed E-state index contributed by atoms with van der Waals surface area (Å²) >= 11 is 6.07. The van der Waals surface area contributed by atoms with E-state index in [0.717, 1.165) is 30.5 Å². The van der Waals surface area contributed by atoms with E-state index < -0.39 is 0 Å². The van der Waals surface area contributed by atoms with E-state index in [1.165, 1.54) is 0 Å². The van der Waals surface area contributed by atoms with E-state index in [4.69, 9.17) is 16.3 Å². The zero-order valence-electron chi connectivity index (χ0n) is 9.90. The molecule has 94 valence electrons. The van der Waals surface area contributed by atoms with Crippen molar-refractivity contribution in [2.24, 2.45) is 5.92 Å². The lowest BCUT2D eigenvalue weighted by Gasteiger charge is -2.11. The van der Waals surface area contributed by atoms with Crippen molar-refractivity contribution in [3.8, 4) is 5.88 Å². The Morgan fingerprint density at radius 3 is 2.78 bits per heavy atom. The van der Waals surface area contributed by atoms with Crippen molar-refractivity contribution in [2.75, 3.05) is 19.7 Å². The maximum Gasteiger partial charge on any atom is 0.252 e. The van der Waals surface area contributed by atoms with Gasteiger partial charge in [0.15, 0.2) is 5.15 Å². The number of hydrogen-bond acceptors (Lipinski definition) is 4. The summed E-state index contributed by atoms with van der Waals surface area (Å²) in [6.07, 6.45) is 1.14. The molecule has 0 bridgehead atoms. The quantitative estimate of drug-likeness (QED) is 0.923. The molecule has 4 nitrogen and oxygen atoms in total. The SMILES string of the molecule is Clc1nc2ccccc2nc1OC[C@@H]1CCNC1. The third-order valence-corrected chi connectivity index (χ3v) is 3.36. The predicted molar refractivity (Wildman–Crippen MR) is 71.0 cm³/mol. The molecule has 5 heteroatoms. The van der Waals surface area contributed by atoms with Gasteiger partial charge in [0, 0.05) is 12.5 Å². The zero-order chi connectivity index (χ0) is 12.4. The minimum Gasteiger partial charge on any atom is -0.475 e. The second-order valence-corrected chi connectivity index (χ2v) is 4.84. The second-order valence-electron chi connectivity index (χ2n) is 4.48. The van der Waals surface area contributed by atoms with E-state index in [2.05, 4.69) is 15.3 Å². The molecule has 1 saturated heterocycles.